The number of hydrogen-bond acceptors (Lipinski definition) is 5. The summed E-state index contributed by atoms with van der Waals surface area (Å²) in [6.07, 6.45) is 13.0. The van der Waals surface area contributed by atoms with Crippen molar-refractivity contribution in [1.29, 1.82) is 5.26 Å². The lowest BCUT2D eigenvalue weighted by Gasteiger charge is -2.34. The van der Waals surface area contributed by atoms with Gasteiger partial charge in [-0.2, -0.15) is 5.26 Å². The standard InChI is InChI=1S/C28H31N5O/c29-16-24-22-8-11-30-28(22)23(15-27(24)32-12-9-19(17-34)10-13-32)20-6-7-26-25(14-20)31-18-33(26)21-4-2-1-3-5-21/h6-7,11,14-15,18-19,21,34H,1-5,8-10,12-13,17H2. The number of aliphatic hydroxyl groups excluding tert-OH is 1. The Hall–Kier alpha value is -3.17. The van der Waals surface area contributed by atoms with Crippen LogP contribution in [0.5, 0.6) is 0 Å². The number of aromatic nitrogens is 2. The van der Waals surface area contributed by atoms with Crippen molar-refractivity contribution in [1.82, 2.24) is 9.55 Å². The summed E-state index contributed by atoms with van der Waals surface area (Å²) in [5.74, 6) is 0.362. The zero-order valence-corrected chi connectivity index (χ0v) is 19.6. The molecule has 2 fully saturated rings. The first-order valence-electron chi connectivity index (χ1n) is 12.7. The molecule has 0 radical (unpaired) electrons. The van der Waals surface area contributed by atoms with Gasteiger partial charge in [-0.1, -0.05) is 25.3 Å². The van der Waals surface area contributed by atoms with Gasteiger partial charge in [0, 0.05) is 49.5 Å². The Morgan fingerprint density at radius 2 is 1.88 bits per heavy atom. The first-order valence-corrected chi connectivity index (χ1v) is 12.7. The van der Waals surface area contributed by atoms with Crippen LogP contribution in [-0.2, 0) is 6.42 Å². The first kappa shape index (κ1) is 21.4. The molecule has 34 heavy (non-hydrogen) atoms. The molecule has 0 unspecified atom stereocenters. The number of benzene rings is 2. The Bertz CT molecular complexity index is 1290. The number of hydrogen-bond donors (Lipinski definition) is 1. The van der Waals surface area contributed by atoms with Gasteiger partial charge in [-0.3, -0.25) is 4.99 Å². The molecule has 2 aromatic carbocycles. The lowest BCUT2D eigenvalue weighted by Crippen LogP contribution is -2.35. The Morgan fingerprint density at radius 3 is 2.65 bits per heavy atom. The first-order chi connectivity index (χ1) is 16.8. The average Bonchev–Trinajstić information content (AvgIpc) is 3.55. The van der Waals surface area contributed by atoms with E-state index in [1.54, 1.807) is 0 Å². The molecule has 174 valence electrons. The summed E-state index contributed by atoms with van der Waals surface area (Å²) in [5, 5.41) is 19.6. The van der Waals surface area contributed by atoms with E-state index in [1.807, 2.05) is 12.5 Å². The van der Waals surface area contributed by atoms with E-state index in [1.165, 1.54) is 37.6 Å². The maximum absolute atomic E-state index is 10.1. The van der Waals surface area contributed by atoms with Crippen molar-refractivity contribution >= 4 is 28.6 Å². The SMILES string of the molecule is N#Cc1c(N2CCC(CO)CC2)cc(-c2ccc3c(c2)ncn3C2CCCCC2)c2c1CC=N2. The second-order valence-electron chi connectivity index (χ2n) is 10.0. The number of fused-ring (bicyclic) bond motifs is 2. The Labute approximate surface area is 200 Å². The van der Waals surface area contributed by atoms with E-state index < -0.39 is 0 Å². The molecule has 6 nitrogen and oxygen atoms in total. The number of aliphatic hydroxyl groups is 1. The molecule has 1 aromatic heterocycles. The Kier molecular flexibility index (Phi) is 5.58. The van der Waals surface area contributed by atoms with Crippen LogP contribution in [-0.4, -0.2) is 40.6 Å². The molecule has 3 heterocycles. The van der Waals surface area contributed by atoms with Crippen LogP contribution in [0.3, 0.4) is 0 Å². The molecule has 2 aliphatic heterocycles. The molecule has 3 aromatic rings. The number of nitrogens with zero attached hydrogens (tertiary/aromatic N) is 5. The van der Waals surface area contributed by atoms with Crippen LogP contribution in [0.1, 0.15) is 62.1 Å². The monoisotopic (exact) mass is 453 g/mol. The summed E-state index contributed by atoms with van der Waals surface area (Å²) in [5.41, 5.74) is 8.13. The Balaban J connectivity index is 1.41. The highest BCUT2D eigenvalue weighted by atomic mass is 16.3. The largest absolute Gasteiger partial charge is 0.396 e. The van der Waals surface area contributed by atoms with Gasteiger partial charge in [0.25, 0.3) is 0 Å². The quantitative estimate of drug-likeness (QED) is 0.562. The van der Waals surface area contributed by atoms with Crippen LogP contribution in [0.4, 0.5) is 11.4 Å². The van der Waals surface area contributed by atoms with Gasteiger partial charge in [-0.15, -0.1) is 0 Å². The van der Waals surface area contributed by atoms with Gasteiger partial charge in [0.1, 0.15) is 6.07 Å². The lowest BCUT2D eigenvalue weighted by molar-refractivity contribution is 0.203. The second kappa shape index (κ2) is 8.88. The highest BCUT2D eigenvalue weighted by molar-refractivity contribution is 5.94. The fourth-order valence-electron chi connectivity index (χ4n) is 6.09. The molecule has 3 aliphatic rings. The van der Waals surface area contributed by atoms with E-state index in [4.69, 9.17) is 9.98 Å². The summed E-state index contributed by atoms with van der Waals surface area (Å²) in [6, 6.07) is 11.8. The minimum atomic E-state index is 0.246. The predicted octanol–water partition coefficient (Wildman–Crippen LogP) is 5.55. The third kappa shape index (κ3) is 3.59. The smallest absolute Gasteiger partial charge is 0.102 e. The number of imidazole rings is 1. The van der Waals surface area contributed by atoms with Crippen LogP contribution < -0.4 is 4.90 Å². The molecule has 1 saturated carbocycles. The van der Waals surface area contributed by atoms with Crippen molar-refractivity contribution < 1.29 is 5.11 Å². The zero-order chi connectivity index (χ0) is 23.1. The van der Waals surface area contributed by atoms with Crippen LogP contribution in [0.25, 0.3) is 22.2 Å². The molecule has 1 saturated heterocycles. The van der Waals surface area contributed by atoms with E-state index in [9.17, 15) is 10.4 Å². The minimum absolute atomic E-state index is 0.246. The molecule has 0 atom stereocenters. The van der Waals surface area contributed by atoms with Crippen molar-refractivity contribution in [3.63, 3.8) is 0 Å². The maximum atomic E-state index is 10.1. The normalized spacial score (nSPS) is 19.0. The summed E-state index contributed by atoms with van der Waals surface area (Å²) in [7, 11) is 0. The van der Waals surface area contributed by atoms with Crippen molar-refractivity contribution in [2.24, 2.45) is 10.9 Å². The van der Waals surface area contributed by atoms with E-state index in [0.717, 1.165) is 65.1 Å². The zero-order valence-electron chi connectivity index (χ0n) is 19.6. The molecule has 6 rings (SSSR count). The molecule has 0 amide bonds. The van der Waals surface area contributed by atoms with E-state index in [0.29, 0.717) is 18.4 Å². The second-order valence-corrected chi connectivity index (χ2v) is 10.0. The summed E-state index contributed by atoms with van der Waals surface area (Å²) in [6.45, 7) is 1.98. The fourth-order valence-corrected chi connectivity index (χ4v) is 6.09. The van der Waals surface area contributed by atoms with Gasteiger partial charge in [0.15, 0.2) is 0 Å². The van der Waals surface area contributed by atoms with Crippen molar-refractivity contribution in [3.05, 3.63) is 41.7 Å². The van der Waals surface area contributed by atoms with Gasteiger partial charge >= 0.3 is 0 Å². The van der Waals surface area contributed by atoms with Gasteiger partial charge in [0.05, 0.1) is 34.3 Å². The van der Waals surface area contributed by atoms with Crippen LogP contribution in [0.2, 0.25) is 0 Å². The van der Waals surface area contributed by atoms with Crippen molar-refractivity contribution in [2.75, 3.05) is 24.6 Å². The minimum Gasteiger partial charge on any atom is -0.396 e. The lowest BCUT2D eigenvalue weighted by atomic mass is 9.92. The average molecular weight is 454 g/mol. The highest BCUT2D eigenvalue weighted by Crippen LogP contribution is 2.44. The number of rotatable bonds is 4. The molecular formula is C28H31N5O. The summed E-state index contributed by atoms with van der Waals surface area (Å²) >= 11 is 0. The summed E-state index contributed by atoms with van der Waals surface area (Å²) < 4.78 is 2.37. The van der Waals surface area contributed by atoms with Gasteiger partial charge in [0.2, 0.25) is 0 Å². The summed E-state index contributed by atoms with van der Waals surface area (Å²) in [4.78, 5) is 11.8. The van der Waals surface area contributed by atoms with Gasteiger partial charge in [-0.25, -0.2) is 4.98 Å². The molecular weight excluding hydrogens is 422 g/mol. The van der Waals surface area contributed by atoms with Crippen molar-refractivity contribution in [2.45, 2.75) is 57.4 Å². The maximum Gasteiger partial charge on any atom is 0.102 e. The number of piperidine rings is 1. The number of anilines is 1. The van der Waals surface area contributed by atoms with E-state index in [-0.39, 0.29) is 6.61 Å². The Morgan fingerprint density at radius 1 is 1.06 bits per heavy atom. The number of aliphatic imine (C=N–C) groups is 1. The third-order valence-electron chi connectivity index (χ3n) is 8.07. The van der Waals surface area contributed by atoms with E-state index >= 15 is 0 Å². The van der Waals surface area contributed by atoms with Crippen molar-refractivity contribution in [3.8, 4) is 17.2 Å². The third-order valence-corrected chi connectivity index (χ3v) is 8.07. The topological polar surface area (TPSA) is 77.4 Å². The fraction of sp³-hybridized carbons (Fsp3) is 0.464. The predicted molar refractivity (Wildman–Crippen MR) is 136 cm³/mol. The van der Waals surface area contributed by atoms with Gasteiger partial charge < -0.3 is 14.6 Å². The molecule has 0 bridgehead atoms. The van der Waals surface area contributed by atoms with Crippen LogP contribution in [0, 0.1) is 17.2 Å². The van der Waals surface area contributed by atoms with Crippen LogP contribution in [0.15, 0.2) is 35.6 Å². The molecule has 1 N–H and O–H groups in total. The van der Waals surface area contributed by atoms with Crippen LogP contribution >= 0.6 is 0 Å². The number of nitriles is 1. The molecule has 6 heteroatoms. The van der Waals surface area contributed by atoms with Gasteiger partial charge in [-0.05, 0) is 55.4 Å². The van der Waals surface area contributed by atoms with E-state index in [2.05, 4.69) is 39.8 Å². The molecule has 1 aliphatic carbocycles. The molecule has 0 spiro atoms. The highest BCUT2D eigenvalue weighted by Gasteiger charge is 2.27.